The largest absolute Gasteiger partial charge is 0.493 e. The lowest BCUT2D eigenvalue weighted by molar-refractivity contribution is -0.135. The van der Waals surface area contributed by atoms with Crippen LogP contribution in [0.4, 0.5) is 0 Å². The molecule has 0 bridgehead atoms. The van der Waals surface area contributed by atoms with Crippen LogP contribution in [0, 0.1) is 0 Å². The first kappa shape index (κ1) is 27.6. The highest BCUT2D eigenvalue weighted by atomic mass is 16.5. The lowest BCUT2D eigenvalue weighted by atomic mass is 9.87. The van der Waals surface area contributed by atoms with Crippen LogP contribution in [-0.4, -0.2) is 48.8 Å². The lowest BCUT2D eigenvalue weighted by Gasteiger charge is -2.29. The van der Waals surface area contributed by atoms with E-state index in [1.165, 1.54) is 5.56 Å². The molecule has 1 saturated heterocycles. The van der Waals surface area contributed by atoms with E-state index in [1.807, 2.05) is 53.4 Å². The number of para-hydroxylation sites is 1. The number of hydrogen-bond acceptors (Lipinski definition) is 4. The fourth-order valence-electron chi connectivity index (χ4n) is 5.75. The number of rotatable bonds is 10. The molecule has 1 fully saturated rings. The fourth-order valence-corrected chi connectivity index (χ4v) is 5.75. The van der Waals surface area contributed by atoms with E-state index in [-0.39, 0.29) is 11.8 Å². The molecule has 0 spiro atoms. The van der Waals surface area contributed by atoms with Crippen molar-refractivity contribution in [2.24, 2.45) is 0 Å². The summed E-state index contributed by atoms with van der Waals surface area (Å²) in [6.45, 7) is 3.57. The first-order chi connectivity index (χ1) is 20.7. The van der Waals surface area contributed by atoms with Crippen molar-refractivity contribution in [3.8, 4) is 11.5 Å². The SMILES string of the molecule is COc1ccc(C(CC(=O)N2CCOCC2)c2cn(Cc3ccccc3)c3ccccc23)cc1OCc1ccccc1. The topological polar surface area (TPSA) is 52.9 Å². The van der Waals surface area contributed by atoms with Gasteiger partial charge in [0.1, 0.15) is 6.61 Å². The van der Waals surface area contributed by atoms with E-state index < -0.39 is 0 Å². The van der Waals surface area contributed by atoms with Crippen molar-refractivity contribution in [3.05, 3.63) is 132 Å². The van der Waals surface area contributed by atoms with Crippen LogP contribution in [0.3, 0.4) is 0 Å². The average molecular weight is 561 g/mol. The van der Waals surface area contributed by atoms with Crippen LogP contribution in [0.25, 0.3) is 10.9 Å². The van der Waals surface area contributed by atoms with Crippen molar-refractivity contribution in [2.75, 3.05) is 33.4 Å². The monoisotopic (exact) mass is 560 g/mol. The normalized spacial score (nSPS) is 14.1. The highest BCUT2D eigenvalue weighted by molar-refractivity contribution is 5.87. The summed E-state index contributed by atoms with van der Waals surface area (Å²) in [5.41, 5.74) is 5.60. The van der Waals surface area contributed by atoms with Gasteiger partial charge < -0.3 is 23.7 Å². The summed E-state index contributed by atoms with van der Waals surface area (Å²) in [5.74, 6) is 1.29. The zero-order valence-corrected chi connectivity index (χ0v) is 23.9. The van der Waals surface area contributed by atoms with Gasteiger partial charge in [0, 0.05) is 49.1 Å². The summed E-state index contributed by atoms with van der Waals surface area (Å²) < 4.78 is 19.8. The van der Waals surface area contributed by atoms with Crippen molar-refractivity contribution >= 4 is 16.8 Å². The Morgan fingerprint density at radius 1 is 0.833 bits per heavy atom. The minimum absolute atomic E-state index is 0.130. The van der Waals surface area contributed by atoms with Gasteiger partial charge in [0.25, 0.3) is 0 Å². The molecule has 214 valence electrons. The first-order valence-electron chi connectivity index (χ1n) is 14.5. The molecule has 0 aliphatic carbocycles. The van der Waals surface area contributed by atoms with Gasteiger partial charge in [0.15, 0.2) is 11.5 Å². The molecule has 1 amide bonds. The van der Waals surface area contributed by atoms with Gasteiger partial charge in [-0.1, -0.05) is 84.9 Å². The highest BCUT2D eigenvalue weighted by Gasteiger charge is 2.27. The van der Waals surface area contributed by atoms with Gasteiger partial charge in [0.05, 0.1) is 20.3 Å². The number of morpholine rings is 1. The summed E-state index contributed by atoms with van der Waals surface area (Å²) in [4.78, 5) is 15.6. The molecule has 2 heterocycles. The number of methoxy groups -OCH3 is 1. The molecule has 6 rings (SSSR count). The van der Waals surface area contributed by atoms with E-state index in [2.05, 4.69) is 65.4 Å². The van der Waals surface area contributed by atoms with Crippen LogP contribution in [0.2, 0.25) is 0 Å². The number of fused-ring (bicyclic) bond motifs is 1. The van der Waals surface area contributed by atoms with E-state index >= 15 is 0 Å². The molecule has 1 aliphatic rings. The zero-order chi connectivity index (χ0) is 28.7. The van der Waals surface area contributed by atoms with Crippen LogP contribution in [-0.2, 0) is 22.7 Å². The van der Waals surface area contributed by atoms with Crippen LogP contribution in [0.15, 0.2) is 109 Å². The van der Waals surface area contributed by atoms with Gasteiger partial charge in [-0.25, -0.2) is 0 Å². The molecule has 4 aromatic carbocycles. The molecule has 1 unspecified atom stereocenters. The van der Waals surface area contributed by atoms with E-state index in [9.17, 15) is 4.79 Å². The van der Waals surface area contributed by atoms with Crippen molar-refractivity contribution in [2.45, 2.75) is 25.5 Å². The second kappa shape index (κ2) is 13.0. The number of benzene rings is 4. The third-order valence-corrected chi connectivity index (χ3v) is 7.96. The summed E-state index contributed by atoms with van der Waals surface area (Å²) in [6.07, 6.45) is 2.58. The minimum Gasteiger partial charge on any atom is -0.493 e. The first-order valence-corrected chi connectivity index (χ1v) is 14.5. The predicted molar refractivity (Wildman–Crippen MR) is 165 cm³/mol. The molecule has 42 heavy (non-hydrogen) atoms. The van der Waals surface area contributed by atoms with Gasteiger partial charge in [-0.15, -0.1) is 0 Å². The fraction of sp³-hybridized carbons (Fsp3) is 0.250. The van der Waals surface area contributed by atoms with Crippen molar-refractivity contribution in [1.82, 2.24) is 9.47 Å². The van der Waals surface area contributed by atoms with Crippen LogP contribution in [0.5, 0.6) is 11.5 Å². The zero-order valence-electron chi connectivity index (χ0n) is 23.9. The highest BCUT2D eigenvalue weighted by Crippen LogP contribution is 2.39. The molecule has 0 saturated carbocycles. The average Bonchev–Trinajstić information content (AvgIpc) is 3.41. The molecule has 0 N–H and O–H groups in total. The quantitative estimate of drug-likeness (QED) is 0.192. The number of ether oxygens (including phenoxy) is 3. The minimum atomic E-state index is -0.174. The second-order valence-corrected chi connectivity index (χ2v) is 10.6. The van der Waals surface area contributed by atoms with Crippen LogP contribution in [0.1, 0.15) is 34.6 Å². The molecular weight excluding hydrogens is 524 g/mol. The predicted octanol–water partition coefficient (Wildman–Crippen LogP) is 6.66. The molecule has 6 heteroatoms. The Labute approximate surface area is 247 Å². The van der Waals surface area contributed by atoms with Gasteiger partial charge in [-0.05, 0) is 40.5 Å². The number of nitrogens with zero attached hydrogens (tertiary/aromatic N) is 2. The third-order valence-electron chi connectivity index (χ3n) is 7.96. The molecule has 1 atom stereocenters. The Kier molecular flexibility index (Phi) is 8.52. The number of hydrogen-bond donors (Lipinski definition) is 0. The van der Waals surface area contributed by atoms with Gasteiger partial charge in [-0.3, -0.25) is 4.79 Å². The Bertz CT molecular complexity index is 1620. The Morgan fingerprint density at radius 3 is 2.26 bits per heavy atom. The summed E-state index contributed by atoms with van der Waals surface area (Å²) in [5, 5.41) is 1.15. The molecule has 1 aliphatic heterocycles. The number of carbonyl (C=O) groups excluding carboxylic acids is 1. The number of carbonyl (C=O) groups is 1. The van der Waals surface area contributed by atoms with Crippen LogP contribution >= 0.6 is 0 Å². The summed E-state index contributed by atoms with van der Waals surface area (Å²) >= 11 is 0. The third kappa shape index (κ3) is 6.19. The van der Waals surface area contributed by atoms with E-state index in [1.54, 1.807) is 7.11 Å². The standard InChI is InChI=1S/C36H36N2O4/c1-40-34-17-16-29(22-35(34)42-26-28-12-6-3-7-13-28)31(23-36(39)37-18-20-41-21-19-37)32-25-38(24-27-10-4-2-5-11-27)33-15-9-8-14-30(32)33/h2-17,22,25,31H,18-21,23-24,26H2,1H3. The van der Waals surface area contributed by atoms with Gasteiger partial charge in [0.2, 0.25) is 5.91 Å². The smallest absolute Gasteiger partial charge is 0.223 e. The summed E-state index contributed by atoms with van der Waals surface area (Å²) in [7, 11) is 1.65. The van der Waals surface area contributed by atoms with Crippen molar-refractivity contribution in [3.63, 3.8) is 0 Å². The summed E-state index contributed by atoms with van der Waals surface area (Å²) in [6, 6.07) is 35.1. The van der Waals surface area contributed by atoms with Crippen LogP contribution < -0.4 is 9.47 Å². The molecule has 0 radical (unpaired) electrons. The molecule has 5 aromatic rings. The van der Waals surface area contributed by atoms with E-state index in [0.29, 0.717) is 50.8 Å². The molecule has 1 aromatic heterocycles. The second-order valence-electron chi connectivity index (χ2n) is 10.6. The van der Waals surface area contributed by atoms with E-state index in [0.717, 1.165) is 34.1 Å². The maximum absolute atomic E-state index is 13.7. The maximum Gasteiger partial charge on any atom is 0.223 e. The Hall–Kier alpha value is -4.55. The molecule has 6 nitrogen and oxygen atoms in total. The van der Waals surface area contributed by atoms with E-state index in [4.69, 9.17) is 14.2 Å². The maximum atomic E-state index is 13.7. The Morgan fingerprint density at radius 2 is 1.52 bits per heavy atom. The number of aromatic nitrogens is 1. The number of amides is 1. The van der Waals surface area contributed by atoms with Crippen molar-refractivity contribution < 1.29 is 19.0 Å². The lowest BCUT2D eigenvalue weighted by Crippen LogP contribution is -2.41. The Balaban J connectivity index is 1.40. The molecular formula is C36H36N2O4. The van der Waals surface area contributed by atoms with Crippen molar-refractivity contribution in [1.29, 1.82) is 0 Å². The van der Waals surface area contributed by atoms with Gasteiger partial charge in [-0.2, -0.15) is 0 Å². The van der Waals surface area contributed by atoms with Gasteiger partial charge >= 0.3 is 0 Å².